The number of carboxylic acids is 1. The van der Waals surface area contributed by atoms with Gasteiger partial charge in [0.05, 0.1) is 10.6 Å². The molecule has 3 atom stereocenters. The van der Waals surface area contributed by atoms with E-state index >= 15 is 0 Å². The van der Waals surface area contributed by atoms with E-state index in [1.807, 2.05) is 0 Å². The van der Waals surface area contributed by atoms with Crippen molar-refractivity contribution in [3.8, 4) is 11.5 Å². The summed E-state index contributed by atoms with van der Waals surface area (Å²) in [6.07, 6.45) is 0. The quantitative estimate of drug-likeness (QED) is 0.293. The Hall–Kier alpha value is -3.70. The van der Waals surface area contributed by atoms with Crippen LogP contribution in [0.5, 0.6) is 11.5 Å². The molecule has 0 bridgehead atoms. The van der Waals surface area contributed by atoms with Gasteiger partial charge in [-0.2, -0.15) is 0 Å². The number of nitrogens with zero attached hydrogens (tertiary/aromatic N) is 1. The van der Waals surface area contributed by atoms with Gasteiger partial charge in [-0.3, -0.25) is 19.3 Å². The molecule has 3 amide bonds. The number of nitrogens with one attached hydrogen (secondary N) is 2. The molecular weight excluding hydrogens is 486 g/mol. The van der Waals surface area contributed by atoms with Crippen molar-refractivity contribution in [3.63, 3.8) is 0 Å². The summed E-state index contributed by atoms with van der Waals surface area (Å²) in [5, 5.41) is 33.5. The predicted molar refractivity (Wildman–Crippen MR) is 122 cm³/mol. The highest BCUT2D eigenvalue weighted by Gasteiger charge is 2.54. The van der Waals surface area contributed by atoms with Crippen molar-refractivity contribution < 1.29 is 34.5 Å². The fraction of sp³-hybridized carbons (Fsp3) is 0.182. The SMILES string of the molecule is O=C(O)C1=C(Cl)CS[C@@H]2C(NC(=O)C(NC(=O)c3cccc(O)c3O)c3ccccc3)C(=O)N12. The zero-order chi connectivity index (χ0) is 24.6. The molecule has 2 aliphatic heterocycles. The highest BCUT2D eigenvalue weighted by atomic mass is 35.5. The lowest BCUT2D eigenvalue weighted by Gasteiger charge is -2.49. The van der Waals surface area contributed by atoms with Crippen molar-refractivity contribution in [2.24, 2.45) is 0 Å². The Morgan fingerprint density at radius 1 is 1.09 bits per heavy atom. The molecule has 2 heterocycles. The zero-order valence-corrected chi connectivity index (χ0v) is 18.8. The van der Waals surface area contributed by atoms with E-state index in [4.69, 9.17) is 11.6 Å². The molecule has 12 heteroatoms. The third kappa shape index (κ3) is 4.15. The van der Waals surface area contributed by atoms with Crippen LogP contribution in [0.4, 0.5) is 0 Å². The molecule has 2 aliphatic rings. The van der Waals surface area contributed by atoms with Crippen molar-refractivity contribution in [2.75, 3.05) is 5.75 Å². The predicted octanol–water partition coefficient (Wildman–Crippen LogP) is 1.50. The van der Waals surface area contributed by atoms with Gasteiger partial charge in [0.1, 0.15) is 23.2 Å². The molecule has 0 aromatic heterocycles. The lowest BCUT2D eigenvalue weighted by Crippen LogP contribution is -2.71. The Morgan fingerprint density at radius 3 is 2.47 bits per heavy atom. The molecular formula is C22H18ClN3O7S. The summed E-state index contributed by atoms with van der Waals surface area (Å²) in [5.41, 5.74) is -0.149. The molecule has 10 nitrogen and oxygen atoms in total. The number of thioether (sulfide) groups is 1. The van der Waals surface area contributed by atoms with E-state index < -0.39 is 52.6 Å². The van der Waals surface area contributed by atoms with Gasteiger partial charge in [-0.25, -0.2) is 4.79 Å². The van der Waals surface area contributed by atoms with E-state index in [1.165, 1.54) is 30.0 Å². The second-order valence-corrected chi connectivity index (χ2v) is 9.01. The number of para-hydroxylation sites is 1. The van der Waals surface area contributed by atoms with Gasteiger partial charge in [0, 0.05) is 5.75 Å². The fourth-order valence-corrected chi connectivity index (χ4v) is 5.24. The monoisotopic (exact) mass is 503 g/mol. The number of hydrogen-bond donors (Lipinski definition) is 5. The first-order valence-corrected chi connectivity index (χ1v) is 11.4. The summed E-state index contributed by atoms with van der Waals surface area (Å²) in [6, 6.07) is 9.82. The van der Waals surface area contributed by atoms with Crippen LogP contribution in [-0.4, -0.2) is 61.1 Å². The van der Waals surface area contributed by atoms with Crippen LogP contribution >= 0.6 is 23.4 Å². The van der Waals surface area contributed by atoms with Crippen LogP contribution in [0, 0.1) is 0 Å². The number of hydrogen-bond acceptors (Lipinski definition) is 7. The Balaban J connectivity index is 1.56. The summed E-state index contributed by atoms with van der Waals surface area (Å²) in [6.45, 7) is 0. The van der Waals surface area contributed by atoms with Gasteiger partial charge in [0.2, 0.25) is 5.91 Å². The van der Waals surface area contributed by atoms with Crippen LogP contribution in [0.2, 0.25) is 0 Å². The minimum atomic E-state index is -1.34. The van der Waals surface area contributed by atoms with Crippen LogP contribution in [0.3, 0.4) is 0 Å². The molecule has 4 rings (SSSR count). The van der Waals surface area contributed by atoms with Crippen LogP contribution in [0.15, 0.2) is 59.3 Å². The lowest BCUT2D eigenvalue weighted by molar-refractivity contribution is -0.150. The molecule has 2 unspecified atom stereocenters. The summed E-state index contributed by atoms with van der Waals surface area (Å²) in [7, 11) is 0. The van der Waals surface area contributed by atoms with E-state index in [0.717, 1.165) is 4.90 Å². The minimum absolute atomic E-state index is 0.0345. The van der Waals surface area contributed by atoms with Crippen LogP contribution in [0.25, 0.3) is 0 Å². The maximum Gasteiger partial charge on any atom is 0.353 e. The fourth-order valence-electron chi connectivity index (χ4n) is 3.69. The molecule has 176 valence electrons. The highest BCUT2D eigenvalue weighted by Crippen LogP contribution is 2.41. The molecule has 2 aromatic carbocycles. The van der Waals surface area contributed by atoms with Gasteiger partial charge in [0.15, 0.2) is 11.5 Å². The number of benzene rings is 2. The average molecular weight is 504 g/mol. The van der Waals surface area contributed by atoms with Crippen LogP contribution in [0.1, 0.15) is 22.0 Å². The van der Waals surface area contributed by atoms with Gasteiger partial charge >= 0.3 is 5.97 Å². The molecule has 5 N–H and O–H groups in total. The summed E-state index contributed by atoms with van der Waals surface area (Å²) in [5.74, 6) is -4.48. The second kappa shape index (κ2) is 9.27. The standard InChI is InChI=1S/C22H18ClN3O7S/c23-12-9-34-21-15(20(31)26(21)16(12)22(32)33)25-19(30)14(10-5-2-1-3-6-10)24-18(29)11-7-4-8-13(27)17(11)28/h1-8,14-15,21,27-28H,9H2,(H,24,29)(H,25,30)(H,32,33)/t14?,15?,21-/m1/s1. The van der Waals surface area contributed by atoms with Gasteiger partial charge in [-0.15, -0.1) is 11.8 Å². The maximum atomic E-state index is 13.2. The van der Waals surface area contributed by atoms with Gasteiger partial charge in [-0.1, -0.05) is 48.0 Å². The van der Waals surface area contributed by atoms with Gasteiger partial charge in [-0.05, 0) is 17.7 Å². The number of phenols is 2. The van der Waals surface area contributed by atoms with Crippen LogP contribution in [-0.2, 0) is 14.4 Å². The molecule has 0 saturated carbocycles. The molecule has 34 heavy (non-hydrogen) atoms. The Bertz CT molecular complexity index is 1220. The topological polar surface area (TPSA) is 156 Å². The molecule has 1 fully saturated rings. The minimum Gasteiger partial charge on any atom is -0.504 e. The Labute approximate surface area is 202 Å². The lowest BCUT2D eigenvalue weighted by atomic mass is 10.0. The number of aliphatic carboxylic acids is 1. The number of aromatic hydroxyl groups is 2. The molecule has 0 spiro atoms. The number of phenolic OH excluding ortho intramolecular Hbond substituents is 2. The number of carbonyl (C=O) groups excluding carboxylic acids is 3. The van der Waals surface area contributed by atoms with Crippen molar-refractivity contribution in [1.29, 1.82) is 0 Å². The van der Waals surface area contributed by atoms with Crippen molar-refractivity contribution in [1.82, 2.24) is 15.5 Å². The first-order chi connectivity index (χ1) is 16.2. The molecule has 1 saturated heterocycles. The number of fused-ring (bicyclic) bond motifs is 1. The van der Waals surface area contributed by atoms with Crippen molar-refractivity contribution >= 4 is 47.1 Å². The normalized spacial score (nSPS) is 20.1. The molecule has 0 radical (unpaired) electrons. The highest BCUT2D eigenvalue weighted by molar-refractivity contribution is 8.00. The largest absolute Gasteiger partial charge is 0.504 e. The average Bonchev–Trinajstić information content (AvgIpc) is 2.82. The van der Waals surface area contributed by atoms with Gasteiger partial charge < -0.3 is 26.0 Å². The van der Waals surface area contributed by atoms with E-state index in [2.05, 4.69) is 10.6 Å². The number of carboxylic acid groups (broad SMARTS) is 1. The van der Waals surface area contributed by atoms with E-state index in [-0.39, 0.29) is 22.0 Å². The van der Waals surface area contributed by atoms with Crippen molar-refractivity contribution in [3.05, 3.63) is 70.4 Å². The summed E-state index contributed by atoms with van der Waals surface area (Å²) < 4.78 is 0. The number of carbonyl (C=O) groups is 4. The number of β-lactam (4-membered cyclic amide) rings is 1. The Kier molecular flexibility index (Phi) is 6.40. The Morgan fingerprint density at radius 2 is 1.79 bits per heavy atom. The smallest absolute Gasteiger partial charge is 0.353 e. The van der Waals surface area contributed by atoms with Crippen LogP contribution < -0.4 is 10.6 Å². The van der Waals surface area contributed by atoms with E-state index in [9.17, 15) is 34.5 Å². The number of amides is 3. The first-order valence-electron chi connectivity index (χ1n) is 9.94. The van der Waals surface area contributed by atoms with E-state index in [1.54, 1.807) is 30.3 Å². The maximum absolute atomic E-state index is 13.2. The molecule has 2 aromatic rings. The van der Waals surface area contributed by atoms with Crippen molar-refractivity contribution in [2.45, 2.75) is 17.5 Å². The third-order valence-corrected chi connectivity index (χ3v) is 7.10. The number of rotatable bonds is 6. The zero-order valence-electron chi connectivity index (χ0n) is 17.3. The molecule has 0 aliphatic carbocycles. The summed E-state index contributed by atoms with van der Waals surface area (Å²) in [4.78, 5) is 51.2. The van der Waals surface area contributed by atoms with E-state index in [0.29, 0.717) is 5.56 Å². The summed E-state index contributed by atoms with van der Waals surface area (Å²) >= 11 is 7.18. The van der Waals surface area contributed by atoms with Gasteiger partial charge in [0.25, 0.3) is 11.8 Å². The first kappa shape index (κ1) is 23.5. The second-order valence-electron chi connectivity index (χ2n) is 7.45. The number of halogens is 1. The third-order valence-electron chi connectivity index (χ3n) is 5.35.